The van der Waals surface area contributed by atoms with Crippen LogP contribution in [0.3, 0.4) is 0 Å². The van der Waals surface area contributed by atoms with Crippen LogP contribution in [0.25, 0.3) is 11.1 Å². The minimum Gasteiger partial charge on any atom is -0.432 e. The molecule has 0 bridgehead atoms. The first kappa shape index (κ1) is 27.6. The molecule has 208 valence electrons. The largest absolute Gasteiger partial charge is 0.432 e. The first-order chi connectivity index (χ1) is 18.6. The number of rotatable bonds is 6. The van der Waals surface area contributed by atoms with Gasteiger partial charge in [-0.25, -0.2) is 17.6 Å². The van der Waals surface area contributed by atoms with E-state index in [1.165, 1.54) is 37.3 Å². The lowest BCUT2D eigenvalue weighted by atomic mass is 9.77. The molecule has 5 rings (SSSR count). The average Bonchev–Trinajstić information content (AvgIpc) is 2.92. The van der Waals surface area contributed by atoms with Gasteiger partial charge in [0.2, 0.25) is 0 Å². The maximum Gasteiger partial charge on any atom is 0.400 e. The van der Waals surface area contributed by atoms with Crippen LogP contribution in [0.15, 0.2) is 54.6 Å². The van der Waals surface area contributed by atoms with Gasteiger partial charge in [0.15, 0.2) is 17.5 Å². The van der Waals surface area contributed by atoms with Crippen molar-refractivity contribution in [3.8, 4) is 16.9 Å². The van der Waals surface area contributed by atoms with Crippen molar-refractivity contribution in [3.05, 3.63) is 89.0 Å². The number of benzene rings is 3. The van der Waals surface area contributed by atoms with E-state index in [0.29, 0.717) is 36.5 Å². The molecule has 0 saturated heterocycles. The van der Waals surface area contributed by atoms with E-state index in [1.807, 2.05) is 18.2 Å². The SMILES string of the molecule is CC1CCC(c2ccc(-c3ccc(C4CCC(C(F)(F)Oc5cc(F)c(F)c(F)c5)CC4)c(F)c3)cc2)CC1. The van der Waals surface area contributed by atoms with Gasteiger partial charge in [-0.15, -0.1) is 0 Å². The molecule has 0 amide bonds. The van der Waals surface area contributed by atoms with E-state index in [1.54, 1.807) is 6.07 Å². The Morgan fingerprint density at radius 1 is 0.641 bits per heavy atom. The lowest BCUT2D eigenvalue weighted by molar-refractivity contribution is -0.222. The molecular weight excluding hydrogens is 514 g/mol. The second-order valence-corrected chi connectivity index (χ2v) is 11.2. The Morgan fingerprint density at radius 3 is 1.79 bits per heavy atom. The highest BCUT2D eigenvalue weighted by Crippen LogP contribution is 2.44. The lowest BCUT2D eigenvalue weighted by Gasteiger charge is -2.33. The van der Waals surface area contributed by atoms with Crippen molar-refractivity contribution >= 4 is 0 Å². The molecule has 0 aliphatic heterocycles. The minimum absolute atomic E-state index is 0.0480. The summed E-state index contributed by atoms with van der Waals surface area (Å²) in [6.45, 7) is 2.30. The van der Waals surface area contributed by atoms with Gasteiger partial charge in [-0.05, 0) is 84.6 Å². The normalized spacial score (nSPS) is 24.0. The molecule has 39 heavy (non-hydrogen) atoms. The Balaban J connectivity index is 1.21. The molecule has 2 saturated carbocycles. The molecule has 2 fully saturated rings. The Morgan fingerprint density at radius 2 is 1.21 bits per heavy atom. The number of alkyl halides is 2. The zero-order valence-electron chi connectivity index (χ0n) is 21.8. The number of hydrogen-bond donors (Lipinski definition) is 0. The summed E-state index contributed by atoms with van der Waals surface area (Å²) in [6.07, 6.45) is 1.94. The fourth-order valence-corrected chi connectivity index (χ4v) is 6.15. The quantitative estimate of drug-likeness (QED) is 0.221. The zero-order chi connectivity index (χ0) is 27.7. The van der Waals surface area contributed by atoms with Crippen LogP contribution in [0.4, 0.5) is 26.3 Å². The number of ether oxygens (including phenoxy) is 1. The Labute approximate surface area is 225 Å². The summed E-state index contributed by atoms with van der Waals surface area (Å²) >= 11 is 0. The molecule has 3 aromatic carbocycles. The first-order valence-electron chi connectivity index (χ1n) is 13.7. The summed E-state index contributed by atoms with van der Waals surface area (Å²) in [7, 11) is 0. The molecule has 0 heterocycles. The van der Waals surface area contributed by atoms with Gasteiger partial charge in [-0.1, -0.05) is 56.2 Å². The van der Waals surface area contributed by atoms with Crippen LogP contribution < -0.4 is 4.74 Å². The standard InChI is InChI=1S/C32H32F6O/c1-19-2-4-20(5-3-19)21-6-8-22(9-7-21)24-12-15-27(28(33)16-24)23-10-13-25(14-11-23)32(37,38)39-26-17-29(34)31(36)30(35)18-26/h6-9,12,15-20,23,25H,2-5,10-11,13-14H2,1H3. The van der Waals surface area contributed by atoms with Crippen LogP contribution in [-0.4, -0.2) is 6.11 Å². The van der Waals surface area contributed by atoms with E-state index >= 15 is 4.39 Å². The van der Waals surface area contributed by atoms with Gasteiger partial charge >= 0.3 is 6.11 Å². The highest BCUT2D eigenvalue weighted by molar-refractivity contribution is 5.64. The molecule has 7 heteroatoms. The Bertz CT molecular complexity index is 1270. The molecule has 2 aliphatic carbocycles. The van der Waals surface area contributed by atoms with E-state index < -0.39 is 35.2 Å². The summed E-state index contributed by atoms with van der Waals surface area (Å²) in [5, 5.41) is 0. The molecule has 0 N–H and O–H groups in total. The van der Waals surface area contributed by atoms with Gasteiger partial charge in [0.25, 0.3) is 0 Å². The zero-order valence-corrected chi connectivity index (χ0v) is 21.8. The van der Waals surface area contributed by atoms with Crippen molar-refractivity contribution in [3.63, 3.8) is 0 Å². The van der Waals surface area contributed by atoms with Gasteiger partial charge in [0.1, 0.15) is 11.6 Å². The first-order valence-corrected chi connectivity index (χ1v) is 13.7. The molecule has 3 aromatic rings. The van der Waals surface area contributed by atoms with E-state index in [0.717, 1.165) is 17.0 Å². The molecule has 0 radical (unpaired) electrons. The van der Waals surface area contributed by atoms with Crippen molar-refractivity contribution in [1.29, 1.82) is 0 Å². The van der Waals surface area contributed by atoms with E-state index in [9.17, 15) is 22.0 Å². The summed E-state index contributed by atoms with van der Waals surface area (Å²) < 4.78 is 89.2. The Hall–Kier alpha value is -2.96. The molecule has 1 nitrogen and oxygen atoms in total. The maximum absolute atomic E-state index is 15.2. The fourth-order valence-electron chi connectivity index (χ4n) is 6.15. The van der Waals surface area contributed by atoms with Crippen molar-refractivity contribution in [2.45, 2.75) is 76.2 Å². The number of hydrogen-bond acceptors (Lipinski definition) is 1. The molecule has 0 atom stereocenters. The highest BCUT2D eigenvalue weighted by Gasteiger charge is 2.44. The van der Waals surface area contributed by atoms with Gasteiger partial charge in [0, 0.05) is 12.1 Å². The molecule has 2 aliphatic rings. The number of halogens is 6. The van der Waals surface area contributed by atoms with Crippen molar-refractivity contribution in [1.82, 2.24) is 0 Å². The van der Waals surface area contributed by atoms with E-state index in [-0.39, 0.29) is 24.6 Å². The molecule has 0 unspecified atom stereocenters. The van der Waals surface area contributed by atoms with Gasteiger partial charge in [0.05, 0.1) is 5.92 Å². The third-order valence-corrected chi connectivity index (χ3v) is 8.59. The van der Waals surface area contributed by atoms with E-state index in [2.05, 4.69) is 23.8 Å². The van der Waals surface area contributed by atoms with Crippen molar-refractivity contribution in [2.24, 2.45) is 11.8 Å². The lowest BCUT2D eigenvalue weighted by Crippen LogP contribution is -2.37. The summed E-state index contributed by atoms with van der Waals surface area (Å²) in [6, 6.07) is 14.3. The van der Waals surface area contributed by atoms with Gasteiger partial charge in [-0.2, -0.15) is 8.78 Å². The smallest absolute Gasteiger partial charge is 0.400 e. The second kappa shape index (κ2) is 11.3. The third-order valence-electron chi connectivity index (χ3n) is 8.59. The summed E-state index contributed by atoms with van der Waals surface area (Å²) in [5.74, 6) is -6.13. The maximum atomic E-state index is 15.2. The highest BCUT2D eigenvalue weighted by atomic mass is 19.3. The van der Waals surface area contributed by atoms with Gasteiger partial charge in [-0.3, -0.25) is 0 Å². The summed E-state index contributed by atoms with van der Waals surface area (Å²) in [5.41, 5.74) is 3.53. The van der Waals surface area contributed by atoms with Crippen LogP contribution in [0, 0.1) is 35.1 Å². The predicted octanol–water partition coefficient (Wildman–Crippen LogP) is 10.1. The minimum atomic E-state index is -3.70. The average molecular weight is 547 g/mol. The van der Waals surface area contributed by atoms with Crippen molar-refractivity contribution in [2.75, 3.05) is 0 Å². The van der Waals surface area contributed by atoms with Crippen LogP contribution >= 0.6 is 0 Å². The molecule has 0 spiro atoms. The van der Waals surface area contributed by atoms with Crippen LogP contribution in [0.2, 0.25) is 0 Å². The monoisotopic (exact) mass is 546 g/mol. The van der Waals surface area contributed by atoms with Crippen LogP contribution in [0.1, 0.15) is 81.3 Å². The molecule has 0 aromatic heterocycles. The fraction of sp³-hybridized carbons (Fsp3) is 0.438. The second-order valence-electron chi connectivity index (χ2n) is 11.2. The predicted molar refractivity (Wildman–Crippen MR) is 139 cm³/mol. The van der Waals surface area contributed by atoms with Crippen LogP contribution in [-0.2, 0) is 0 Å². The Kier molecular flexibility index (Phi) is 7.97. The summed E-state index contributed by atoms with van der Waals surface area (Å²) in [4.78, 5) is 0. The van der Waals surface area contributed by atoms with Crippen molar-refractivity contribution < 1.29 is 31.1 Å². The van der Waals surface area contributed by atoms with Gasteiger partial charge < -0.3 is 4.74 Å². The van der Waals surface area contributed by atoms with E-state index in [4.69, 9.17) is 0 Å². The van der Waals surface area contributed by atoms with Crippen LogP contribution in [0.5, 0.6) is 5.75 Å². The topological polar surface area (TPSA) is 9.23 Å². The molecular formula is C32H32F6O. The third kappa shape index (κ3) is 6.12.